The predicted octanol–water partition coefficient (Wildman–Crippen LogP) is 2.17. The Morgan fingerprint density at radius 1 is 1.19 bits per heavy atom. The molecule has 0 fully saturated rings. The minimum atomic E-state index is -0.213. The van der Waals surface area contributed by atoms with Crippen LogP contribution in [0.15, 0.2) is 41.6 Å². The Bertz CT molecular complexity index is 1020. The molecule has 0 amide bonds. The molecule has 0 aliphatic heterocycles. The monoisotopic (exact) mass is 277 g/mol. The molecule has 4 rings (SSSR count). The van der Waals surface area contributed by atoms with Gasteiger partial charge in [0, 0.05) is 29.5 Å². The number of nitrogens with zero attached hydrogens (tertiary/aromatic N) is 3. The quantitative estimate of drug-likeness (QED) is 0.558. The summed E-state index contributed by atoms with van der Waals surface area (Å²) in [6, 6.07) is 5.64. The Labute approximate surface area is 118 Å². The van der Waals surface area contributed by atoms with Gasteiger partial charge in [0.15, 0.2) is 0 Å². The maximum Gasteiger partial charge on any atom is 0.275 e. The second kappa shape index (κ2) is 4.24. The fourth-order valence-electron chi connectivity index (χ4n) is 2.39. The van der Waals surface area contributed by atoms with E-state index >= 15 is 0 Å². The van der Waals surface area contributed by atoms with Gasteiger partial charge in [0.25, 0.3) is 5.56 Å². The zero-order valence-electron chi connectivity index (χ0n) is 11.2. The maximum atomic E-state index is 12.3. The van der Waals surface area contributed by atoms with Gasteiger partial charge < -0.3 is 9.97 Å². The highest BCUT2D eigenvalue weighted by Gasteiger charge is 2.12. The number of rotatable bonds is 1. The summed E-state index contributed by atoms with van der Waals surface area (Å²) in [5.74, 6) is 0.503. The molecule has 0 aliphatic carbocycles. The first-order chi connectivity index (χ1) is 10.2. The van der Waals surface area contributed by atoms with Gasteiger partial charge >= 0.3 is 0 Å². The maximum absolute atomic E-state index is 12.3. The van der Waals surface area contributed by atoms with Crippen molar-refractivity contribution in [2.24, 2.45) is 0 Å². The van der Waals surface area contributed by atoms with E-state index in [9.17, 15) is 4.79 Å². The van der Waals surface area contributed by atoms with Crippen molar-refractivity contribution in [2.75, 3.05) is 0 Å². The molecule has 6 heteroatoms. The average Bonchev–Trinajstić information content (AvgIpc) is 2.87. The van der Waals surface area contributed by atoms with Crippen molar-refractivity contribution < 1.29 is 0 Å². The highest BCUT2D eigenvalue weighted by atomic mass is 16.1. The minimum absolute atomic E-state index is 0.213. The van der Waals surface area contributed by atoms with Crippen LogP contribution < -0.4 is 5.56 Å². The lowest BCUT2D eigenvalue weighted by Crippen LogP contribution is -2.09. The van der Waals surface area contributed by atoms with Crippen molar-refractivity contribution in [3.8, 4) is 11.4 Å². The molecule has 4 heterocycles. The van der Waals surface area contributed by atoms with Crippen molar-refractivity contribution in [3.05, 3.63) is 52.7 Å². The number of fused-ring (bicyclic) bond motifs is 3. The molecule has 21 heavy (non-hydrogen) atoms. The molecule has 0 bridgehead atoms. The van der Waals surface area contributed by atoms with Gasteiger partial charge in [-0.1, -0.05) is 0 Å². The molecule has 0 radical (unpaired) electrons. The van der Waals surface area contributed by atoms with Crippen LogP contribution >= 0.6 is 0 Å². The third kappa shape index (κ3) is 1.80. The predicted molar refractivity (Wildman–Crippen MR) is 80.0 cm³/mol. The van der Waals surface area contributed by atoms with Crippen LogP contribution in [-0.4, -0.2) is 24.9 Å². The highest BCUT2D eigenvalue weighted by molar-refractivity contribution is 6.03. The summed E-state index contributed by atoms with van der Waals surface area (Å²) < 4.78 is 0. The molecule has 0 aliphatic rings. The van der Waals surface area contributed by atoms with Crippen LogP contribution in [-0.2, 0) is 0 Å². The molecule has 0 aromatic carbocycles. The lowest BCUT2D eigenvalue weighted by atomic mass is 10.2. The van der Waals surface area contributed by atoms with Crippen LogP contribution in [0.4, 0.5) is 0 Å². The Morgan fingerprint density at radius 2 is 2.10 bits per heavy atom. The number of pyridine rings is 2. The SMILES string of the molecule is Cc1cnc2[nH]c3c(=O)[nH]c(-c4cccnc4)nc3c2c1. The van der Waals surface area contributed by atoms with E-state index in [1.54, 1.807) is 24.7 Å². The summed E-state index contributed by atoms with van der Waals surface area (Å²) >= 11 is 0. The van der Waals surface area contributed by atoms with Gasteiger partial charge in [-0.2, -0.15) is 0 Å². The van der Waals surface area contributed by atoms with E-state index < -0.39 is 0 Å². The standard InChI is InChI=1S/C15H11N5O/c1-8-5-10-11-12(19-14(10)17-6-8)15(21)20-13(18-11)9-3-2-4-16-7-9/h2-7H,1H3,(H,17,19)(H,18,20,21). The second-order valence-electron chi connectivity index (χ2n) is 4.91. The van der Waals surface area contributed by atoms with Gasteiger partial charge in [0.1, 0.15) is 22.5 Å². The first kappa shape index (κ1) is 11.8. The van der Waals surface area contributed by atoms with Crippen molar-refractivity contribution >= 4 is 22.1 Å². The molecule has 4 aromatic rings. The Kier molecular flexibility index (Phi) is 2.38. The van der Waals surface area contributed by atoms with E-state index in [1.165, 1.54) is 0 Å². The summed E-state index contributed by atoms with van der Waals surface area (Å²) in [4.78, 5) is 31.0. The van der Waals surface area contributed by atoms with Crippen molar-refractivity contribution in [2.45, 2.75) is 6.92 Å². The highest BCUT2D eigenvalue weighted by Crippen LogP contribution is 2.22. The van der Waals surface area contributed by atoms with Crippen LogP contribution in [0.2, 0.25) is 0 Å². The van der Waals surface area contributed by atoms with Crippen molar-refractivity contribution in [3.63, 3.8) is 0 Å². The summed E-state index contributed by atoms with van der Waals surface area (Å²) in [5, 5.41) is 0.848. The normalized spacial score (nSPS) is 11.3. The molecule has 0 spiro atoms. The molecular weight excluding hydrogens is 266 g/mol. The zero-order valence-corrected chi connectivity index (χ0v) is 11.2. The van der Waals surface area contributed by atoms with E-state index in [4.69, 9.17) is 0 Å². The summed E-state index contributed by atoms with van der Waals surface area (Å²) in [7, 11) is 0. The number of hydrogen-bond acceptors (Lipinski definition) is 4. The van der Waals surface area contributed by atoms with Gasteiger partial charge in [-0.15, -0.1) is 0 Å². The molecule has 0 saturated carbocycles. The Hall–Kier alpha value is -3.02. The molecular formula is C15H11N5O. The van der Waals surface area contributed by atoms with E-state index in [-0.39, 0.29) is 5.56 Å². The van der Waals surface area contributed by atoms with Crippen LogP contribution in [0.3, 0.4) is 0 Å². The Balaban J connectivity index is 2.11. The lowest BCUT2D eigenvalue weighted by molar-refractivity contribution is 1.16. The van der Waals surface area contributed by atoms with E-state index in [1.807, 2.05) is 19.1 Å². The number of hydrogen-bond donors (Lipinski definition) is 2. The molecule has 0 atom stereocenters. The molecule has 102 valence electrons. The summed E-state index contributed by atoms with van der Waals surface area (Å²) in [5.41, 5.74) is 3.31. The number of nitrogens with one attached hydrogen (secondary N) is 2. The average molecular weight is 277 g/mol. The molecule has 6 nitrogen and oxygen atoms in total. The number of H-pyrrole nitrogens is 2. The van der Waals surface area contributed by atoms with Gasteiger partial charge in [0.2, 0.25) is 0 Å². The zero-order chi connectivity index (χ0) is 14.4. The smallest absolute Gasteiger partial charge is 0.275 e. The van der Waals surface area contributed by atoms with Crippen LogP contribution in [0.25, 0.3) is 33.5 Å². The van der Waals surface area contributed by atoms with Gasteiger partial charge in [-0.25, -0.2) is 9.97 Å². The number of aromatic nitrogens is 5. The van der Waals surface area contributed by atoms with Crippen LogP contribution in [0.1, 0.15) is 5.56 Å². The molecule has 0 unspecified atom stereocenters. The number of aryl methyl sites for hydroxylation is 1. The van der Waals surface area contributed by atoms with E-state index in [0.717, 1.165) is 16.5 Å². The van der Waals surface area contributed by atoms with Gasteiger partial charge in [-0.3, -0.25) is 9.78 Å². The molecule has 4 aromatic heterocycles. The largest absolute Gasteiger partial charge is 0.333 e. The second-order valence-corrected chi connectivity index (χ2v) is 4.91. The third-order valence-electron chi connectivity index (χ3n) is 3.38. The molecule has 2 N–H and O–H groups in total. The summed E-state index contributed by atoms with van der Waals surface area (Å²) in [6.07, 6.45) is 5.11. The Morgan fingerprint density at radius 3 is 2.90 bits per heavy atom. The fraction of sp³-hybridized carbons (Fsp3) is 0.0667. The number of aromatic amines is 2. The topological polar surface area (TPSA) is 87.3 Å². The summed E-state index contributed by atoms with van der Waals surface area (Å²) in [6.45, 7) is 1.96. The molecule has 0 saturated heterocycles. The van der Waals surface area contributed by atoms with Crippen LogP contribution in [0.5, 0.6) is 0 Å². The lowest BCUT2D eigenvalue weighted by Gasteiger charge is -2.00. The first-order valence-corrected chi connectivity index (χ1v) is 6.51. The first-order valence-electron chi connectivity index (χ1n) is 6.51. The minimum Gasteiger partial charge on any atom is -0.333 e. The van der Waals surface area contributed by atoms with Crippen molar-refractivity contribution in [1.29, 1.82) is 0 Å². The van der Waals surface area contributed by atoms with Crippen molar-refractivity contribution in [1.82, 2.24) is 24.9 Å². The van der Waals surface area contributed by atoms with E-state index in [2.05, 4.69) is 24.9 Å². The van der Waals surface area contributed by atoms with E-state index in [0.29, 0.717) is 22.5 Å². The van der Waals surface area contributed by atoms with Crippen LogP contribution in [0, 0.1) is 6.92 Å². The van der Waals surface area contributed by atoms with Gasteiger partial charge in [-0.05, 0) is 30.7 Å². The fourth-order valence-corrected chi connectivity index (χ4v) is 2.39. The third-order valence-corrected chi connectivity index (χ3v) is 3.38. The van der Waals surface area contributed by atoms with Gasteiger partial charge in [0.05, 0.1) is 0 Å².